The van der Waals surface area contributed by atoms with Crippen LogP contribution in [0.2, 0.25) is 0 Å². The van der Waals surface area contributed by atoms with Crippen LogP contribution in [0, 0.1) is 13.8 Å². The summed E-state index contributed by atoms with van der Waals surface area (Å²) in [5.41, 5.74) is 5.50. The number of hydrogen-bond acceptors (Lipinski definition) is 2. The van der Waals surface area contributed by atoms with Crippen molar-refractivity contribution in [3.05, 3.63) is 51.7 Å². The topological polar surface area (TPSA) is 34.9 Å². The summed E-state index contributed by atoms with van der Waals surface area (Å²) in [6, 6.07) is 5.64. The maximum atomic E-state index is 11.7. The summed E-state index contributed by atoms with van der Waals surface area (Å²) in [5.74, 6) is 0.403. The van der Waals surface area contributed by atoms with Gasteiger partial charge >= 0.3 is 0 Å². The van der Waals surface area contributed by atoms with Gasteiger partial charge in [-0.2, -0.15) is 0 Å². The fraction of sp³-hybridized carbons (Fsp3) is 0.375. The van der Waals surface area contributed by atoms with Crippen LogP contribution in [0.5, 0.6) is 0 Å². The number of hydrogen-bond donors (Lipinski definition) is 0. The molecule has 3 heteroatoms. The standard InChI is InChI=1S/C16H20N2O/c1-10(2)15-9-17-11(3)8-14(15)13-6-7-16(19)18(5)12(13)4/h6-10H,1-5H3. The molecule has 2 heterocycles. The molecule has 0 saturated heterocycles. The Balaban J connectivity index is 2.75. The van der Waals surface area contributed by atoms with Crippen LogP contribution in [-0.2, 0) is 7.05 Å². The summed E-state index contributed by atoms with van der Waals surface area (Å²) < 4.78 is 1.69. The molecule has 0 saturated carbocycles. The van der Waals surface area contributed by atoms with E-state index in [2.05, 4.69) is 24.9 Å². The van der Waals surface area contributed by atoms with Gasteiger partial charge in [-0.15, -0.1) is 0 Å². The molecule has 0 amide bonds. The molecule has 0 bridgehead atoms. The van der Waals surface area contributed by atoms with Crippen molar-refractivity contribution in [2.75, 3.05) is 0 Å². The summed E-state index contributed by atoms with van der Waals surface area (Å²) >= 11 is 0. The van der Waals surface area contributed by atoms with Gasteiger partial charge in [-0.25, -0.2) is 0 Å². The average Bonchev–Trinajstić information content (AvgIpc) is 2.35. The van der Waals surface area contributed by atoms with Gasteiger partial charge in [0.1, 0.15) is 0 Å². The summed E-state index contributed by atoms with van der Waals surface area (Å²) in [5, 5.41) is 0. The SMILES string of the molecule is Cc1cc(-c2ccc(=O)n(C)c2C)c(C(C)C)cn1. The molecule has 0 aromatic carbocycles. The third-order valence-corrected chi connectivity index (χ3v) is 3.60. The second-order valence-corrected chi connectivity index (χ2v) is 5.30. The van der Waals surface area contributed by atoms with Gasteiger partial charge in [0.15, 0.2) is 0 Å². The molecule has 0 unspecified atom stereocenters. The number of aromatic nitrogens is 2. The van der Waals surface area contributed by atoms with E-state index in [0.29, 0.717) is 5.92 Å². The van der Waals surface area contributed by atoms with Gasteiger partial charge in [0.2, 0.25) is 5.56 Å². The fourth-order valence-corrected chi connectivity index (χ4v) is 2.28. The van der Waals surface area contributed by atoms with E-state index >= 15 is 0 Å². The highest BCUT2D eigenvalue weighted by atomic mass is 16.1. The second kappa shape index (κ2) is 5.00. The Morgan fingerprint density at radius 2 is 1.84 bits per heavy atom. The lowest BCUT2D eigenvalue weighted by atomic mass is 9.93. The zero-order valence-electron chi connectivity index (χ0n) is 12.2. The molecule has 0 atom stereocenters. The smallest absolute Gasteiger partial charge is 0.250 e. The van der Waals surface area contributed by atoms with Crippen LogP contribution in [0.15, 0.2) is 29.2 Å². The third-order valence-electron chi connectivity index (χ3n) is 3.60. The van der Waals surface area contributed by atoms with Crippen molar-refractivity contribution in [1.82, 2.24) is 9.55 Å². The maximum Gasteiger partial charge on any atom is 0.250 e. The molecule has 2 aromatic rings. The Morgan fingerprint density at radius 1 is 1.16 bits per heavy atom. The number of pyridine rings is 2. The van der Waals surface area contributed by atoms with Crippen LogP contribution in [0.3, 0.4) is 0 Å². The molecule has 0 fully saturated rings. The van der Waals surface area contributed by atoms with Crippen molar-refractivity contribution in [2.24, 2.45) is 7.05 Å². The lowest BCUT2D eigenvalue weighted by molar-refractivity contribution is 0.817. The van der Waals surface area contributed by atoms with Crippen LogP contribution < -0.4 is 5.56 Å². The van der Waals surface area contributed by atoms with Crippen LogP contribution in [-0.4, -0.2) is 9.55 Å². The molecule has 0 radical (unpaired) electrons. The lowest BCUT2D eigenvalue weighted by Crippen LogP contribution is -2.18. The van der Waals surface area contributed by atoms with Crippen molar-refractivity contribution < 1.29 is 0 Å². The Labute approximate surface area is 113 Å². The summed E-state index contributed by atoms with van der Waals surface area (Å²) in [4.78, 5) is 16.0. The zero-order chi connectivity index (χ0) is 14.2. The number of nitrogens with zero attached hydrogens (tertiary/aromatic N) is 2. The van der Waals surface area contributed by atoms with E-state index in [1.165, 1.54) is 11.1 Å². The normalized spacial score (nSPS) is 11.1. The van der Waals surface area contributed by atoms with Crippen molar-refractivity contribution in [2.45, 2.75) is 33.6 Å². The van der Waals surface area contributed by atoms with E-state index in [-0.39, 0.29) is 5.56 Å². The van der Waals surface area contributed by atoms with Crippen LogP contribution in [0.4, 0.5) is 0 Å². The Bertz CT molecular complexity index is 669. The van der Waals surface area contributed by atoms with Crippen molar-refractivity contribution in [3.63, 3.8) is 0 Å². The largest absolute Gasteiger partial charge is 0.315 e. The van der Waals surface area contributed by atoms with Crippen LogP contribution in [0.25, 0.3) is 11.1 Å². The maximum absolute atomic E-state index is 11.7. The predicted octanol–water partition coefficient (Wildman–Crippen LogP) is 3.19. The first-order valence-electron chi connectivity index (χ1n) is 6.55. The predicted molar refractivity (Wildman–Crippen MR) is 78.5 cm³/mol. The van der Waals surface area contributed by atoms with E-state index in [4.69, 9.17) is 0 Å². The third kappa shape index (κ3) is 2.46. The first-order chi connectivity index (χ1) is 8.91. The fourth-order valence-electron chi connectivity index (χ4n) is 2.28. The highest BCUT2D eigenvalue weighted by molar-refractivity contribution is 5.70. The summed E-state index contributed by atoms with van der Waals surface area (Å²) in [6.45, 7) is 8.29. The van der Waals surface area contributed by atoms with E-state index in [0.717, 1.165) is 17.0 Å². The minimum atomic E-state index is 0.0260. The van der Waals surface area contributed by atoms with Crippen molar-refractivity contribution >= 4 is 0 Å². The molecule has 100 valence electrons. The van der Waals surface area contributed by atoms with Crippen LogP contribution >= 0.6 is 0 Å². The van der Waals surface area contributed by atoms with E-state index < -0.39 is 0 Å². The van der Waals surface area contributed by atoms with E-state index in [1.54, 1.807) is 10.6 Å². The van der Waals surface area contributed by atoms with Crippen molar-refractivity contribution in [3.8, 4) is 11.1 Å². The molecular formula is C16H20N2O. The summed E-state index contributed by atoms with van der Waals surface area (Å²) in [7, 11) is 1.81. The van der Waals surface area contributed by atoms with Gasteiger partial charge in [-0.3, -0.25) is 9.78 Å². The monoisotopic (exact) mass is 256 g/mol. The van der Waals surface area contributed by atoms with Gasteiger partial charge in [0.25, 0.3) is 0 Å². The Morgan fingerprint density at radius 3 is 2.47 bits per heavy atom. The molecular weight excluding hydrogens is 236 g/mol. The minimum absolute atomic E-state index is 0.0260. The van der Waals surface area contributed by atoms with Gasteiger partial charge < -0.3 is 4.57 Å². The zero-order valence-corrected chi connectivity index (χ0v) is 12.2. The van der Waals surface area contributed by atoms with Crippen molar-refractivity contribution in [1.29, 1.82) is 0 Å². The Kier molecular flexibility index (Phi) is 3.56. The quantitative estimate of drug-likeness (QED) is 0.827. The Hall–Kier alpha value is -1.90. The van der Waals surface area contributed by atoms with Crippen LogP contribution in [0.1, 0.15) is 36.7 Å². The van der Waals surface area contributed by atoms with E-state index in [9.17, 15) is 4.79 Å². The summed E-state index contributed by atoms with van der Waals surface area (Å²) in [6.07, 6.45) is 1.94. The van der Waals surface area contributed by atoms with E-state index in [1.807, 2.05) is 33.2 Å². The highest BCUT2D eigenvalue weighted by Gasteiger charge is 2.13. The molecule has 2 rings (SSSR count). The minimum Gasteiger partial charge on any atom is -0.315 e. The molecule has 0 aliphatic rings. The highest BCUT2D eigenvalue weighted by Crippen LogP contribution is 2.30. The first-order valence-corrected chi connectivity index (χ1v) is 6.55. The molecule has 0 aliphatic carbocycles. The molecule has 0 spiro atoms. The first kappa shape index (κ1) is 13.5. The second-order valence-electron chi connectivity index (χ2n) is 5.30. The average molecular weight is 256 g/mol. The molecule has 3 nitrogen and oxygen atoms in total. The van der Waals surface area contributed by atoms with Gasteiger partial charge in [0, 0.05) is 36.3 Å². The van der Waals surface area contributed by atoms with Gasteiger partial charge in [0.05, 0.1) is 0 Å². The molecule has 2 aromatic heterocycles. The number of aryl methyl sites for hydroxylation is 1. The molecule has 0 N–H and O–H groups in total. The lowest BCUT2D eigenvalue weighted by Gasteiger charge is -2.16. The molecule has 0 aliphatic heterocycles. The van der Waals surface area contributed by atoms with Gasteiger partial charge in [-0.1, -0.05) is 13.8 Å². The molecule has 19 heavy (non-hydrogen) atoms. The number of rotatable bonds is 2. The van der Waals surface area contributed by atoms with Gasteiger partial charge in [-0.05, 0) is 43.0 Å².